The van der Waals surface area contributed by atoms with Crippen LogP contribution in [0.25, 0.3) is 22.0 Å². The molecule has 3 nitrogen and oxygen atoms in total. The van der Waals surface area contributed by atoms with Crippen LogP contribution in [-0.2, 0) is 11.8 Å². The Bertz CT molecular complexity index is 904. The van der Waals surface area contributed by atoms with E-state index in [9.17, 15) is 4.79 Å². The maximum atomic E-state index is 12.4. The molecule has 3 aromatic rings. The molecule has 1 N–H and O–H groups in total. The Morgan fingerprint density at radius 3 is 2.55 bits per heavy atom. The standard InChI is InChI=1S/C19H16N2O/c1-21-12-16(14-9-5-6-10-17(14)21)18-15(11-20-19(18)22)13-7-3-2-4-8-13/h2-10,12H,11H2,1H3,(H,20,22). The maximum Gasteiger partial charge on any atom is 0.252 e. The molecule has 0 saturated carbocycles. The number of hydrogen-bond donors (Lipinski definition) is 1. The van der Waals surface area contributed by atoms with Crippen LogP contribution < -0.4 is 5.32 Å². The van der Waals surface area contributed by atoms with Crippen LogP contribution in [0.4, 0.5) is 0 Å². The number of nitrogens with one attached hydrogen (secondary N) is 1. The van der Waals surface area contributed by atoms with Crippen molar-refractivity contribution in [1.82, 2.24) is 9.88 Å². The molecule has 108 valence electrons. The van der Waals surface area contributed by atoms with Gasteiger partial charge in [-0.15, -0.1) is 0 Å². The molecule has 2 aromatic carbocycles. The van der Waals surface area contributed by atoms with Crippen LogP contribution in [0.3, 0.4) is 0 Å². The highest BCUT2D eigenvalue weighted by molar-refractivity contribution is 6.32. The Labute approximate surface area is 128 Å². The zero-order valence-electron chi connectivity index (χ0n) is 12.3. The van der Waals surface area contributed by atoms with Gasteiger partial charge in [-0.2, -0.15) is 0 Å². The smallest absolute Gasteiger partial charge is 0.252 e. The quantitative estimate of drug-likeness (QED) is 0.772. The fourth-order valence-corrected chi connectivity index (χ4v) is 3.19. The summed E-state index contributed by atoms with van der Waals surface area (Å²) in [5.74, 6) is 0.00945. The summed E-state index contributed by atoms with van der Waals surface area (Å²) in [4.78, 5) is 12.4. The molecule has 0 saturated heterocycles. The Morgan fingerprint density at radius 2 is 1.73 bits per heavy atom. The summed E-state index contributed by atoms with van der Waals surface area (Å²) in [5, 5.41) is 4.08. The van der Waals surface area contributed by atoms with Crippen molar-refractivity contribution < 1.29 is 4.79 Å². The molecule has 0 unspecified atom stereocenters. The molecule has 2 heterocycles. The molecular weight excluding hydrogens is 272 g/mol. The van der Waals surface area contributed by atoms with E-state index in [4.69, 9.17) is 0 Å². The van der Waals surface area contributed by atoms with Gasteiger partial charge in [0.05, 0.1) is 5.57 Å². The first-order valence-electron chi connectivity index (χ1n) is 7.37. The number of para-hydroxylation sites is 1. The maximum absolute atomic E-state index is 12.4. The lowest BCUT2D eigenvalue weighted by atomic mass is 9.96. The number of carbonyl (C=O) groups excluding carboxylic acids is 1. The zero-order chi connectivity index (χ0) is 15.1. The third-order valence-electron chi connectivity index (χ3n) is 4.24. The molecule has 0 aliphatic carbocycles. The average Bonchev–Trinajstić information content (AvgIpc) is 3.09. The highest BCUT2D eigenvalue weighted by Gasteiger charge is 2.27. The lowest BCUT2D eigenvalue weighted by molar-refractivity contribution is -0.114. The van der Waals surface area contributed by atoms with Crippen molar-refractivity contribution >= 4 is 28.0 Å². The van der Waals surface area contributed by atoms with E-state index in [1.807, 2.05) is 43.6 Å². The summed E-state index contributed by atoms with van der Waals surface area (Å²) in [6.45, 7) is 0.585. The molecule has 22 heavy (non-hydrogen) atoms. The van der Waals surface area contributed by atoms with E-state index >= 15 is 0 Å². The van der Waals surface area contributed by atoms with Crippen molar-refractivity contribution in [1.29, 1.82) is 0 Å². The Balaban J connectivity index is 2.00. The van der Waals surface area contributed by atoms with Gasteiger partial charge >= 0.3 is 0 Å². The van der Waals surface area contributed by atoms with Gasteiger partial charge in [0.2, 0.25) is 0 Å². The molecular formula is C19H16N2O. The topological polar surface area (TPSA) is 34.0 Å². The van der Waals surface area contributed by atoms with Gasteiger partial charge in [0.25, 0.3) is 5.91 Å². The summed E-state index contributed by atoms with van der Waals surface area (Å²) >= 11 is 0. The third-order valence-corrected chi connectivity index (χ3v) is 4.24. The molecule has 0 spiro atoms. The monoisotopic (exact) mass is 288 g/mol. The minimum absolute atomic E-state index is 0.00945. The Morgan fingerprint density at radius 1 is 1.00 bits per heavy atom. The molecule has 3 heteroatoms. The van der Waals surface area contributed by atoms with Crippen LogP contribution in [0.1, 0.15) is 11.1 Å². The molecule has 0 fully saturated rings. The van der Waals surface area contributed by atoms with Crippen LogP contribution >= 0.6 is 0 Å². The predicted molar refractivity (Wildman–Crippen MR) is 89.2 cm³/mol. The van der Waals surface area contributed by atoms with Crippen molar-refractivity contribution in [3.05, 3.63) is 71.9 Å². The molecule has 0 bridgehead atoms. The van der Waals surface area contributed by atoms with E-state index in [0.717, 1.165) is 33.2 Å². The number of nitrogens with zero attached hydrogens (tertiary/aromatic N) is 1. The van der Waals surface area contributed by atoms with Crippen molar-refractivity contribution in [2.24, 2.45) is 7.05 Å². The van der Waals surface area contributed by atoms with Gasteiger partial charge in [-0.05, 0) is 17.2 Å². The number of aromatic nitrogens is 1. The number of amides is 1. The minimum Gasteiger partial charge on any atom is -0.350 e. The lowest BCUT2D eigenvalue weighted by Gasteiger charge is -2.04. The summed E-state index contributed by atoms with van der Waals surface area (Å²) in [6, 6.07) is 18.3. The SMILES string of the molecule is Cn1cc(C2=C(c3ccccc3)CNC2=O)c2ccccc21. The van der Waals surface area contributed by atoms with E-state index in [1.54, 1.807) is 0 Å². The molecule has 4 rings (SSSR count). The zero-order valence-corrected chi connectivity index (χ0v) is 12.3. The van der Waals surface area contributed by atoms with Crippen molar-refractivity contribution in [3.63, 3.8) is 0 Å². The van der Waals surface area contributed by atoms with Gasteiger partial charge in [-0.3, -0.25) is 4.79 Å². The summed E-state index contributed by atoms with van der Waals surface area (Å²) < 4.78 is 2.08. The van der Waals surface area contributed by atoms with Gasteiger partial charge in [0.15, 0.2) is 0 Å². The van der Waals surface area contributed by atoms with Gasteiger partial charge in [0.1, 0.15) is 0 Å². The molecule has 1 aliphatic rings. The third kappa shape index (κ3) is 1.86. The highest BCUT2D eigenvalue weighted by atomic mass is 16.1. The van der Waals surface area contributed by atoms with Crippen LogP contribution in [-0.4, -0.2) is 17.0 Å². The summed E-state index contributed by atoms with van der Waals surface area (Å²) in [6.07, 6.45) is 2.05. The number of benzene rings is 2. The second-order valence-corrected chi connectivity index (χ2v) is 5.57. The first kappa shape index (κ1) is 12.9. The van der Waals surface area contributed by atoms with E-state index in [1.165, 1.54) is 0 Å². The molecule has 0 atom stereocenters. The number of rotatable bonds is 2. The molecule has 0 radical (unpaired) electrons. The summed E-state index contributed by atoms with van der Waals surface area (Å²) in [5.41, 5.74) is 5.11. The van der Waals surface area contributed by atoms with Gasteiger partial charge < -0.3 is 9.88 Å². The van der Waals surface area contributed by atoms with Gasteiger partial charge in [0, 0.05) is 36.3 Å². The number of hydrogen-bond acceptors (Lipinski definition) is 1. The molecule has 1 amide bonds. The highest BCUT2D eigenvalue weighted by Crippen LogP contribution is 2.34. The minimum atomic E-state index is 0.00945. The fourth-order valence-electron chi connectivity index (χ4n) is 3.19. The van der Waals surface area contributed by atoms with E-state index in [-0.39, 0.29) is 5.91 Å². The van der Waals surface area contributed by atoms with Crippen LogP contribution in [0, 0.1) is 0 Å². The van der Waals surface area contributed by atoms with Crippen LogP contribution in [0.5, 0.6) is 0 Å². The van der Waals surface area contributed by atoms with Crippen LogP contribution in [0.15, 0.2) is 60.8 Å². The number of aryl methyl sites for hydroxylation is 1. The number of carbonyl (C=O) groups is 1. The van der Waals surface area contributed by atoms with Crippen molar-refractivity contribution in [2.75, 3.05) is 6.54 Å². The second-order valence-electron chi connectivity index (χ2n) is 5.57. The fraction of sp³-hybridized carbons (Fsp3) is 0.105. The van der Waals surface area contributed by atoms with Gasteiger partial charge in [-0.25, -0.2) is 0 Å². The van der Waals surface area contributed by atoms with E-state index in [2.05, 4.69) is 34.1 Å². The van der Waals surface area contributed by atoms with Crippen LogP contribution in [0.2, 0.25) is 0 Å². The van der Waals surface area contributed by atoms with Crippen molar-refractivity contribution in [2.45, 2.75) is 0 Å². The number of fused-ring (bicyclic) bond motifs is 1. The first-order chi connectivity index (χ1) is 10.8. The largest absolute Gasteiger partial charge is 0.350 e. The normalized spacial score (nSPS) is 14.7. The molecule has 1 aliphatic heterocycles. The second kappa shape index (κ2) is 4.88. The van der Waals surface area contributed by atoms with Crippen molar-refractivity contribution in [3.8, 4) is 0 Å². The average molecular weight is 288 g/mol. The Kier molecular flexibility index (Phi) is 2.86. The first-order valence-corrected chi connectivity index (χ1v) is 7.37. The molecule has 1 aromatic heterocycles. The van der Waals surface area contributed by atoms with E-state index < -0.39 is 0 Å². The lowest BCUT2D eigenvalue weighted by Crippen LogP contribution is -2.16. The predicted octanol–water partition coefficient (Wildman–Crippen LogP) is 3.22. The van der Waals surface area contributed by atoms with E-state index in [0.29, 0.717) is 6.54 Å². The Hall–Kier alpha value is -2.81. The summed E-state index contributed by atoms with van der Waals surface area (Å²) in [7, 11) is 2.02. The van der Waals surface area contributed by atoms with Gasteiger partial charge in [-0.1, -0.05) is 48.5 Å².